The van der Waals surface area contributed by atoms with Crippen LogP contribution in [0.2, 0.25) is 0 Å². The van der Waals surface area contributed by atoms with E-state index in [1.54, 1.807) is 0 Å². The molecule has 0 radical (unpaired) electrons. The fourth-order valence-electron chi connectivity index (χ4n) is 2.88. The van der Waals surface area contributed by atoms with E-state index in [1.165, 1.54) is 21.9 Å². The molecule has 0 spiro atoms. The Bertz CT molecular complexity index is 517. The van der Waals surface area contributed by atoms with Crippen LogP contribution in [0.15, 0.2) is 48.6 Å². The lowest BCUT2D eigenvalue weighted by Gasteiger charge is -2.23. The average Bonchev–Trinajstić information content (AvgIpc) is 2.36. The van der Waals surface area contributed by atoms with Crippen molar-refractivity contribution in [3.8, 4) is 0 Å². The quantitative estimate of drug-likeness (QED) is 0.541. The number of fused-ring (bicyclic) bond motifs is 3. The highest BCUT2D eigenvalue weighted by Gasteiger charge is 2.35. The summed E-state index contributed by atoms with van der Waals surface area (Å²) in [6.07, 6.45) is 4.67. The van der Waals surface area contributed by atoms with E-state index in [9.17, 15) is 0 Å². The van der Waals surface area contributed by atoms with Crippen LogP contribution in [-0.2, 0) is 0 Å². The molecule has 2 atom stereocenters. The first kappa shape index (κ1) is 6.83. The Morgan fingerprint density at radius 2 is 1.29 bits per heavy atom. The first-order chi connectivity index (χ1) is 6.95. The summed E-state index contributed by atoms with van der Waals surface area (Å²) in [6, 6.07) is 13.3. The molecule has 2 aliphatic carbocycles. The topological polar surface area (TPSA) is 0 Å². The molecule has 14 heavy (non-hydrogen) atoms. The molecular formula is C14H10. The number of rotatable bonds is 0. The summed E-state index contributed by atoms with van der Waals surface area (Å²) in [4.78, 5) is 0. The van der Waals surface area contributed by atoms with Crippen LogP contribution in [0.4, 0.5) is 0 Å². The zero-order valence-electron chi connectivity index (χ0n) is 7.77. The molecule has 2 aromatic carbocycles. The van der Waals surface area contributed by atoms with Gasteiger partial charge in [-0.1, -0.05) is 48.6 Å². The largest absolute Gasteiger partial charge is 0.0794 e. The monoisotopic (exact) mass is 178 g/mol. The zero-order chi connectivity index (χ0) is 9.12. The minimum atomic E-state index is 0.677. The van der Waals surface area contributed by atoms with Gasteiger partial charge in [0.15, 0.2) is 0 Å². The van der Waals surface area contributed by atoms with E-state index < -0.39 is 0 Å². The van der Waals surface area contributed by atoms with Gasteiger partial charge in [-0.3, -0.25) is 0 Å². The number of hydrogen-bond donors (Lipinski definition) is 0. The van der Waals surface area contributed by atoms with Crippen LogP contribution < -0.4 is 0 Å². The molecule has 0 heterocycles. The van der Waals surface area contributed by atoms with E-state index in [0.717, 1.165) is 0 Å². The molecular weight excluding hydrogens is 168 g/mol. The van der Waals surface area contributed by atoms with Crippen molar-refractivity contribution in [2.75, 3.05) is 0 Å². The second-order valence-electron chi connectivity index (χ2n) is 4.23. The third kappa shape index (κ3) is 0.598. The van der Waals surface area contributed by atoms with Crippen LogP contribution >= 0.6 is 0 Å². The van der Waals surface area contributed by atoms with Crippen LogP contribution in [0.3, 0.4) is 0 Å². The Kier molecular flexibility index (Phi) is 1.02. The summed E-state index contributed by atoms with van der Waals surface area (Å²) in [6.45, 7) is 0. The Morgan fingerprint density at radius 1 is 0.714 bits per heavy atom. The van der Waals surface area contributed by atoms with Gasteiger partial charge in [-0.05, 0) is 21.9 Å². The van der Waals surface area contributed by atoms with E-state index >= 15 is 0 Å². The van der Waals surface area contributed by atoms with Crippen molar-refractivity contribution < 1.29 is 0 Å². The number of allylic oxidation sites excluding steroid dienone is 2. The summed E-state index contributed by atoms with van der Waals surface area (Å²) in [5.74, 6) is 1.35. The second-order valence-corrected chi connectivity index (χ2v) is 4.23. The van der Waals surface area contributed by atoms with Gasteiger partial charge in [0.1, 0.15) is 0 Å². The van der Waals surface area contributed by atoms with Crippen molar-refractivity contribution in [3.63, 3.8) is 0 Å². The molecule has 0 heteroatoms. The van der Waals surface area contributed by atoms with Crippen molar-refractivity contribution in [1.82, 2.24) is 0 Å². The van der Waals surface area contributed by atoms with Gasteiger partial charge in [0.05, 0.1) is 0 Å². The molecule has 0 bridgehead atoms. The fourth-order valence-corrected chi connectivity index (χ4v) is 2.88. The molecule has 0 nitrogen and oxygen atoms in total. The Balaban J connectivity index is 2.26. The zero-order valence-corrected chi connectivity index (χ0v) is 7.77. The molecule has 2 aromatic rings. The predicted molar refractivity (Wildman–Crippen MR) is 58.6 cm³/mol. The summed E-state index contributed by atoms with van der Waals surface area (Å²) < 4.78 is 0. The Hall–Kier alpha value is -1.56. The van der Waals surface area contributed by atoms with Gasteiger partial charge >= 0.3 is 0 Å². The lowest BCUT2D eigenvalue weighted by atomic mass is 9.80. The van der Waals surface area contributed by atoms with E-state index in [4.69, 9.17) is 0 Å². The third-order valence-corrected chi connectivity index (χ3v) is 3.60. The standard InChI is InChI=1S/C14H10/c1-3-9-4-2-6-13-11-8-7-10(11)12(5-1)14(9)13/h1-8,10-11H/t10-,11-/m0/s1. The lowest BCUT2D eigenvalue weighted by Crippen LogP contribution is -2.07. The highest BCUT2D eigenvalue weighted by molar-refractivity contribution is 5.93. The molecule has 0 fully saturated rings. The molecule has 2 aliphatic rings. The van der Waals surface area contributed by atoms with E-state index in [-0.39, 0.29) is 0 Å². The van der Waals surface area contributed by atoms with E-state index in [0.29, 0.717) is 11.8 Å². The highest BCUT2D eigenvalue weighted by atomic mass is 14.4. The number of benzene rings is 2. The predicted octanol–water partition coefficient (Wildman–Crippen LogP) is 3.59. The molecule has 4 rings (SSSR count). The van der Waals surface area contributed by atoms with E-state index in [1.807, 2.05) is 0 Å². The Morgan fingerprint density at radius 3 is 1.79 bits per heavy atom. The molecule has 0 aliphatic heterocycles. The van der Waals surface area contributed by atoms with Crippen LogP contribution in [0.1, 0.15) is 23.0 Å². The maximum absolute atomic E-state index is 2.33. The lowest BCUT2D eigenvalue weighted by molar-refractivity contribution is 0.709. The summed E-state index contributed by atoms with van der Waals surface area (Å²) in [7, 11) is 0. The maximum Gasteiger partial charge on any atom is 0.0128 e. The molecule has 0 aromatic heterocycles. The van der Waals surface area contributed by atoms with Gasteiger partial charge in [-0.2, -0.15) is 0 Å². The smallest absolute Gasteiger partial charge is 0.0128 e. The second kappa shape index (κ2) is 2.09. The minimum absolute atomic E-state index is 0.677. The highest BCUT2D eigenvalue weighted by Crippen LogP contribution is 2.52. The first-order valence-electron chi connectivity index (χ1n) is 5.15. The van der Waals surface area contributed by atoms with Gasteiger partial charge in [-0.15, -0.1) is 0 Å². The number of hydrogen-bond acceptors (Lipinski definition) is 0. The van der Waals surface area contributed by atoms with Crippen LogP contribution in [0.5, 0.6) is 0 Å². The summed E-state index contributed by atoms with van der Waals surface area (Å²) in [5.41, 5.74) is 3.07. The normalized spacial score (nSPS) is 26.3. The SMILES string of the molecule is C1=C[C@@H]2c3cccc4cccc(c34)[C@@H]12. The Labute approximate surface area is 82.9 Å². The van der Waals surface area contributed by atoms with Crippen molar-refractivity contribution in [3.05, 3.63) is 59.7 Å². The van der Waals surface area contributed by atoms with Gasteiger partial charge in [0.25, 0.3) is 0 Å². The van der Waals surface area contributed by atoms with Gasteiger partial charge in [0, 0.05) is 11.8 Å². The van der Waals surface area contributed by atoms with Gasteiger partial charge in [-0.25, -0.2) is 0 Å². The molecule has 0 amide bonds. The molecule has 0 N–H and O–H groups in total. The van der Waals surface area contributed by atoms with E-state index in [2.05, 4.69) is 48.6 Å². The van der Waals surface area contributed by atoms with Crippen LogP contribution in [0.25, 0.3) is 10.8 Å². The van der Waals surface area contributed by atoms with Crippen molar-refractivity contribution in [2.24, 2.45) is 0 Å². The molecule has 0 unspecified atom stereocenters. The maximum atomic E-state index is 2.33. The molecule has 0 saturated heterocycles. The summed E-state index contributed by atoms with van der Waals surface area (Å²) in [5, 5.41) is 2.91. The average molecular weight is 178 g/mol. The first-order valence-corrected chi connectivity index (χ1v) is 5.15. The van der Waals surface area contributed by atoms with Crippen molar-refractivity contribution in [1.29, 1.82) is 0 Å². The molecule has 66 valence electrons. The van der Waals surface area contributed by atoms with Crippen LogP contribution in [-0.4, -0.2) is 0 Å². The minimum Gasteiger partial charge on any atom is -0.0794 e. The summed E-state index contributed by atoms with van der Waals surface area (Å²) >= 11 is 0. The van der Waals surface area contributed by atoms with Gasteiger partial charge < -0.3 is 0 Å². The van der Waals surface area contributed by atoms with Gasteiger partial charge in [0.2, 0.25) is 0 Å². The third-order valence-electron chi connectivity index (χ3n) is 3.60. The van der Waals surface area contributed by atoms with Crippen LogP contribution in [0, 0.1) is 0 Å². The van der Waals surface area contributed by atoms with Crippen molar-refractivity contribution in [2.45, 2.75) is 11.8 Å². The van der Waals surface area contributed by atoms with Crippen molar-refractivity contribution >= 4 is 10.8 Å². The molecule has 0 saturated carbocycles. The fraction of sp³-hybridized carbons (Fsp3) is 0.143.